The summed E-state index contributed by atoms with van der Waals surface area (Å²) in [6.45, 7) is 1.73. The molecule has 0 aliphatic heterocycles. The Hall–Kier alpha value is -1.86. The molecule has 1 atom stereocenters. The summed E-state index contributed by atoms with van der Waals surface area (Å²) in [5.41, 5.74) is 5.11. The lowest BCUT2D eigenvalue weighted by Crippen LogP contribution is -2.33. The summed E-state index contributed by atoms with van der Waals surface area (Å²) in [6, 6.07) is 6.98. The topological polar surface area (TPSA) is 85.3 Å². The molecule has 7 heteroatoms. The van der Waals surface area contributed by atoms with Crippen molar-refractivity contribution in [1.29, 1.82) is 0 Å². The summed E-state index contributed by atoms with van der Waals surface area (Å²) in [4.78, 5) is -0.243. The van der Waals surface area contributed by atoms with Crippen LogP contribution in [0.1, 0.15) is 19.1 Å². The van der Waals surface area contributed by atoms with Gasteiger partial charge < -0.3 is 10.2 Å². The molecule has 0 amide bonds. The fourth-order valence-electron chi connectivity index (χ4n) is 1.95. The zero-order chi connectivity index (χ0) is 15.5. The molecular formula is C14H17FN2O3S. The third kappa shape index (κ3) is 3.83. The second kappa shape index (κ2) is 6.28. The van der Waals surface area contributed by atoms with Crippen molar-refractivity contribution in [2.24, 2.45) is 0 Å². The van der Waals surface area contributed by atoms with Crippen LogP contribution in [0.5, 0.6) is 0 Å². The van der Waals surface area contributed by atoms with Gasteiger partial charge in [-0.2, -0.15) is 0 Å². The van der Waals surface area contributed by atoms with E-state index in [2.05, 4.69) is 4.72 Å². The average Bonchev–Trinajstić information content (AvgIpc) is 2.92. The number of para-hydroxylation sites is 1. The number of aryl methyl sites for hydroxylation is 1. The van der Waals surface area contributed by atoms with Crippen molar-refractivity contribution in [2.45, 2.75) is 30.7 Å². The van der Waals surface area contributed by atoms with Crippen LogP contribution < -0.4 is 10.5 Å². The molecule has 2 rings (SSSR count). The van der Waals surface area contributed by atoms with Gasteiger partial charge in [0.25, 0.3) is 0 Å². The van der Waals surface area contributed by atoms with Crippen LogP contribution in [0, 0.1) is 5.82 Å². The van der Waals surface area contributed by atoms with Gasteiger partial charge in [0.05, 0.1) is 12.0 Å². The summed E-state index contributed by atoms with van der Waals surface area (Å²) in [7, 11) is -3.85. The van der Waals surface area contributed by atoms with Gasteiger partial charge in [0.1, 0.15) is 16.5 Å². The molecule has 1 unspecified atom stereocenters. The average molecular weight is 312 g/mol. The molecule has 2 aromatic rings. The lowest BCUT2D eigenvalue weighted by molar-refractivity contribution is 0.480. The van der Waals surface area contributed by atoms with Gasteiger partial charge in [0.2, 0.25) is 10.0 Å². The van der Waals surface area contributed by atoms with E-state index in [0.29, 0.717) is 12.8 Å². The molecule has 1 heterocycles. The lowest BCUT2D eigenvalue weighted by Gasteiger charge is -2.15. The third-order valence-electron chi connectivity index (χ3n) is 3.06. The fourth-order valence-corrected chi connectivity index (χ4v) is 3.37. The molecule has 5 nitrogen and oxygen atoms in total. The van der Waals surface area contributed by atoms with E-state index >= 15 is 0 Å². The number of rotatable bonds is 6. The highest BCUT2D eigenvalue weighted by molar-refractivity contribution is 7.89. The van der Waals surface area contributed by atoms with Crippen molar-refractivity contribution < 1.29 is 17.2 Å². The van der Waals surface area contributed by atoms with Crippen LogP contribution in [0.25, 0.3) is 0 Å². The van der Waals surface area contributed by atoms with Crippen molar-refractivity contribution in [3.8, 4) is 0 Å². The number of anilines is 1. The smallest absolute Gasteiger partial charge is 0.242 e. The molecule has 0 aliphatic carbocycles. The SMILES string of the molecule is CC(CCc1ccco1)NS(=O)(=O)c1cccc(F)c1N. The van der Waals surface area contributed by atoms with E-state index in [1.54, 1.807) is 19.3 Å². The number of nitrogens with two attached hydrogens (primary N) is 1. The summed E-state index contributed by atoms with van der Waals surface area (Å²) in [5, 5.41) is 0. The Bertz CT molecular complexity index is 699. The number of nitrogens with one attached hydrogen (secondary N) is 1. The van der Waals surface area contributed by atoms with Crippen LogP contribution in [0.3, 0.4) is 0 Å². The largest absolute Gasteiger partial charge is 0.469 e. The number of hydrogen-bond acceptors (Lipinski definition) is 4. The Morgan fingerprint density at radius 2 is 2.10 bits per heavy atom. The molecule has 21 heavy (non-hydrogen) atoms. The van der Waals surface area contributed by atoms with Gasteiger partial charge in [-0.05, 0) is 37.6 Å². The maximum atomic E-state index is 13.4. The van der Waals surface area contributed by atoms with Crippen molar-refractivity contribution >= 4 is 15.7 Å². The van der Waals surface area contributed by atoms with Crippen molar-refractivity contribution in [3.63, 3.8) is 0 Å². The van der Waals surface area contributed by atoms with Gasteiger partial charge in [-0.1, -0.05) is 6.07 Å². The van der Waals surface area contributed by atoms with Gasteiger partial charge >= 0.3 is 0 Å². The van der Waals surface area contributed by atoms with E-state index in [4.69, 9.17) is 10.2 Å². The minimum absolute atomic E-state index is 0.243. The molecule has 0 saturated carbocycles. The van der Waals surface area contributed by atoms with E-state index in [1.807, 2.05) is 6.07 Å². The maximum Gasteiger partial charge on any atom is 0.242 e. The molecule has 0 saturated heterocycles. The van der Waals surface area contributed by atoms with E-state index in [1.165, 1.54) is 12.1 Å². The highest BCUT2D eigenvalue weighted by Gasteiger charge is 2.21. The van der Waals surface area contributed by atoms with Gasteiger partial charge in [-0.3, -0.25) is 0 Å². The predicted molar refractivity (Wildman–Crippen MR) is 77.6 cm³/mol. The molecular weight excluding hydrogens is 295 g/mol. The van der Waals surface area contributed by atoms with E-state index in [0.717, 1.165) is 11.8 Å². The van der Waals surface area contributed by atoms with Crippen LogP contribution in [-0.4, -0.2) is 14.5 Å². The predicted octanol–water partition coefficient (Wildman–Crippen LogP) is 2.30. The Morgan fingerprint density at radius 3 is 2.76 bits per heavy atom. The number of sulfonamides is 1. The van der Waals surface area contributed by atoms with Gasteiger partial charge in [0.15, 0.2) is 0 Å². The summed E-state index contributed by atoms with van der Waals surface area (Å²) in [6.07, 6.45) is 2.73. The van der Waals surface area contributed by atoms with E-state index in [-0.39, 0.29) is 16.6 Å². The maximum absolute atomic E-state index is 13.4. The quantitative estimate of drug-likeness (QED) is 0.801. The number of halogens is 1. The Labute approximate surface area is 123 Å². The summed E-state index contributed by atoms with van der Waals surface area (Å²) < 4.78 is 45.4. The number of nitrogen functional groups attached to an aromatic ring is 1. The minimum atomic E-state index is -3.85. The monoisotopic (exact) mass is 312 g/mol. The normalized spacial score (nSPS) is 13.2. The fraction of sp³-hybridized carbons (Fsp3) is 0.286. The van der Waals surface area contributed by atoms with E-state index in [9.17, 15) is 12.8 Å². The first kappa shape index (κ1) is 15.5. The van der Waals surface area contributed by atoms with Crippen LogP contribution in [0.4, 0.5) is 10.1 Å². The zero-order valence-electron chi connectivity index (χ0n) is 11.5. The standard InChI is InChI=1S/C14H17FN2O3S/c1-10(7-8-11-4-3-9-20-11)17-21(18,19)13-6-2-5-12(15)14(13)16/h2-6,9-10,17H,7-8,16H2,1H3. The van der Waals surface area contributed by atoms with E-state index < -0.39 is 15.8 Å². The number of furan rings is 1. The summed E-state index contributed by atoms with van der Waals surface area (Å²) >= 11 is 0. The first-order valence-corrected chi connectivity index (χ1v) is 7.97. The van der Waals surface area contributed by atoms with Crippen LogP contribution in [0.15, 0.2) is 45.9 Å². The highest BCUT2D eigenvalue weighted by atomic mass is 32.2. The zero-order valence-corrected chi connectivity index (χ0v) is 12.4. The highest BCUT2D eigenvalue weighted by Crippen LogP contribution is 2.21. The van der Waals surface area contributed by atoms with Gasteiger partial charge in [-0.25, -0.2) is 17.5 Å². The van der Waals surface area contributed by atoms with Crippen LogP contribution >= 0.6 is 0 Å². The molecule has 0 fully saturated rings. The van der Waals surface area contributed by atoms with Crippen molar-refractivity contribution in [1.82, 2.24) is 4.72 Å². The number of benzene rings is 1. The molecule has 0 aliphatic rings. The number of hydrogen-bond donors (Lipinski definition) is 2. The lowest BCUT2D eigenvalue weighted by atomic mass is 10.2. The first-order valence-electron chi connectivity index (χ1n) is 6.49. The minimum Gasteiger partial charge on any atom is -0.469 e. The first-order chi connectivity index (χ1) is 9.90. The second-order valence-corrected chi connectivity index (χ2v) is 6.47. The molecule has 0 spiro atoms. The molecule has 1 aromatic carbocycles. The molecule has 0 radical (unpaired) electrons. The van der Waals surface area contributed by atoms with Gasteiger partial charge in [0, 0.05) is 12.5 Å². The second-order valence-electron chi connectivity index (χ2n) is 4.79. The van der Waals surface area contributed by atoms with Crippen LogP contribution in [-0.2, 0) is 16.4 Å². The Kier molecular flexibility index (Phi) is 4.64. The molecule has 114 valence electrons. The third-order valence-corrected chi connectivity index (χ3v) is 4.71. The summed E-state index contributed by atoms with van der Waals surface area (Å²) in [5.74, 6) is 0.0347. The molecule has 3 N–H and O–H groups in total. The van der Waals surface area contributed by atoms with Crippen molar-refractivity contribution in [3.05, 3.63) is 48.2 Å². The van der Waals surface area contributed by atoms with Crippen molar-refractivity contribution in [2.75, 3.05) is 5.73 Å². The molecule has 0 bridgehead atoms. The molecule has 1 aromatic heterocycles. The Balaban J connectivity index is 2.05. The van der Waals surface area contributed by atoms with Crippen LogP contribution in [0.2, 0.25) is 0 Å². The van der Waals surface area contributed by atoms with Gasteiger partial charge in [-0.15, -0.1) is 0 Å². The Morgan fingerprint density at radius 1 is 1.33 bits per heavy atom.